The number of nitro benzene ring substituents is 1. The molecule has 0 bridgehead atoms. The van der Waals surface area contributed by atoms with Crippen molar-refractivity contribution in [1.82, 2.24) is 5.32 Å². The van der Waals surface area contributed by atoms with Gasteiger partial charge in [0.1, 0.15) is 0 Å². The summed E-state index contributed by atoms with van der Waals surface area (Å²) in [5, 5.41) is 21.6. The molecule has 2 aromatic carbocycles. The number of nitrogens with zero attached hydrogens (tertiary/aromatic N) is 4. The normalized spacial score (nSPS) is 17.9. The van der Waals surface area contributed by atoms with E-state index in [1.54, 1.807) is 18.3 Å². The fourth-order valence-electron chi connectivity index (χ4n) is 2.56. The third-order valence-corrected chi connectivity index (χ3v) is 5.18. The Morgan fingerprint density at radius 2 is 1.86 bits per heavy atom. The van der Waals surface area contributed by atoms with E-state index < -0.39 is 4.92 Å². The van der Waals surface area contributed by atoms with Crippen molar-refractivity contribution in [2.75, 3.05) is 19.0 Å². The van der Waals surface area contributed by atoms with E-state index in [2.05, 4.69) is 15.5 Å². The highest BCUT2D eigenvalue weighted by Crippen LogP contribution is 2.24. The molecule has 0 unspecified atom stereocenters. The highest BCUT2D eigenvalue weighted by molar-refractivity contribution is 8.15. The molecule has 1 saturated heterocycles. The van der Waals surface area contributed by atoms with Gasteiger partial charge in [0.2, 0.25) is 5.91 Å². The molecule has 1 aliphatic rings. The van der Waals surface area contributed by atoms with Crippen molar-refractivity contribution >= 4 is 40.4 Å². The molecule has 0 aromatic heterocycles. The second-order valence-electron chi connectivity index (χ2n) is 6.36. The van der Waals surface area contributed by atoms with Crippen LogP contribution in [0.5, 0.6) is 0 Å². The van der Waals surface area contributed by atoms with Crippen LogP contribution in [0.15, 0.2) is 58.7 Å². The van der Waals surface area contributed by atoms with Crippen molar-refractivity contribution in [1.29, 1.82) is 0 Å². The number of carbonyl (C=O) groups is 1. The molecule has 9 heteroatoms. The average Bonchev–Trinajstić information content (AvgIpc) is 3.02. The monoisotopic (exact) mass is 397 g/mol. The molecule has 1 atom stereocenters. The van der Waals surface area contributed by atoms with E-state index in [-0.39, 0.29) is 16.8 Å². The number of anilines is 1. The minimum atomic E-state index is -0.447. The molecule has 0 radical (unpaired) electrons. The molecule has 1 amide bonds. The van der Waals surface area contributed by atoms with Crippen molar-refractivity contribution in [3.05, 3.63) is 69.8 Å². The zero-order chi connectivity index (χ0) is 20.1. The maximum Gasteiger partial charge on any atom is 0.269 e. The summed E-state index contributed by atoms with van der Waals surface area (Å²) in [5.74, 6) is -0.146. The predicted molar refractivity (Wildman–Crippen MR) is 112 cm³/mol. The number of nitro groups is 1. The van der Waals surface area contributed by atoms with Gasteiger partial charge in [-0.15, -0.1) is 5.10 Å². The van der Waals surface area contributed by atoms with Gasteiger partial charge in [-0.05, 0) is 29.7 Å². The molecule has 0 aliphatic carbocycles. The van der Waals surface area contributed by atoms with E-state index in [0.29, 0.717) is 11.6 Å². The number of benzene rings is 2. The minimum absolute atomic E-state index is 0.0301. The predicted octanol–water partition coefficient (Wildman–Crippen LogP) is 2.83. The first-order chi connectivity index (χ1) is 13.4. The SMILES string of the molecule is CN(C)c1ccc(/C=N\N=C2/NC(=O)[C@H](Cc3ccc([N+](=O)[O-])cc3)S2)cc1. The quantitative estimate of drug-likeness (QED) is 0.459. The lowest BCUT2D eigenvalue weighted by molar-refractivity contribution is -0.384. The molecular weight excluding hydrogens is 378 g/mol. The second kappa shape index (κ2) is 8.66. The topological polar surface area (TPSA) is 100 Å². The van der Waals surface area contributed by atoms with Gasteiger partial charge >= 0.3 is 0 Å². The summed E-state index contributed by atoms with van der Waals surface area (Å²) in [6.07, 6.45) is 2.09. The van der Waals surface area contributed by atoms with E-state index in [9.17, 15) is 14.9 Å². The molecule has 1 heterocycles. The van der Waals surface area contributed by atoms with Gasteiger partial charge in [-0.3, -0.25) is 14.9 Å². The lowest BCUT2D eigenvalue weighted by Crippen LogP contribution is -2.25. The number of hydrogen-bond acceptors (Lipinski definition) is 7. The Balaban J connectivity index is 1.59. The maximum atomic E-state index is 12.1. The number of non-ortho nitro benzene ring substituents is 1. The Kier molecular flexibility index (Phi) is 6.05. The summed E-state index contributed by atoms with van der Waals surface area (Å²) in [5.41, 5.74) is 2.88. The Morgan fingerprint density at radius 1 is 1.18 bits per heavy atom. The Labute approximate surface area is 166 Å². The van der Waals surface area contributed by atoms with E-state index in [4.69, 9.17) is 0 Å². The molecule has 144 valence electrons. The average molecular weight is 397 g/mol. The number of thioether (sulfide) groups is 1. The molecule has 3 rings (SSSR count). The highest BCUT2D eigenvalue weighted by atomic mass is 32.2. The summed E-state index contributed by atoms with van der Waals surface area (Å²) in [6.45, 7) is 0. The van der Waals surface area contributed by atoms with Crippen molar-refractivity contribution in [3.63, 3.8) is 0 Å². The first-order valence-electron chi connectivity index (χ1n) is 8.51. The molecular formula is C19H19N5O3S. The molecule has 1 N–H and O–H groups in total. The molecule has 28 heavy (non-hydrogen) atoms. The van der Waals surface area contributed by atoms with Gasteiger partial charge in [-0.2, -0.15) is 5.10 Å². The third kappa shape index (κ3) is 4.95. The Morgan fingerprint density at radius 3 is 2.46 bits per heavy atom. The van der Waals surface area contributed by atoms with E-state index in [1.165, 1.54) is 23.9 Å². The van der Waals surface area contributed by atoms with Gasteiger partial charge in [-0.1, -0.05) is 36.0 Å². The third-order valence-electron chi connectivity index (χ3n) is 4.11. The molecule has 2 aromatic rings. The molecule has 0 spiro atoms. The lowest BCUT2D eigenvalue weighted by atomic mass is 10.1. The van der Waals surface area contributed by atoms with Gasteiger partial charge in [0.15, 0.2) is 5.17 Å². The summed E-state index contributed by atoms with van der Waals surface area (Å²) < 4.78 is 0. The fourth-order valence-corrected chi connectivity index (χ4v) is 3.53. The van der Waals surface area contributed by atoms with Crippen LogP contribution in [0.3, 0.4) is 0 Å². The number of hydrogen-bond donors (Lipinski definition) is 1. The first-order valence-corrected chi connectivity index (χ1v) is 9.39. The van der Waals surface area contributed by atoms with Crippen molar-refractivity contribution < 1.29 is 9.72 Å². The van der Waals surface area contributed by atoms with Gasteiger partial charge in [0, 0.05) is 31.9 Å². The number of amides is 1. The van der Waals surface area contributed by atoms with Crippen LogP contribution in [-0.2, 0) is 11.2 Å². The summed E-state index contributed by atoms with van der Waals surface area (Å²) in [6, 6.07) is 14.1. The smallest absolute Gasteiger partial charge is 0.269 e. The number of nitrogens with one attached hydrogen (secondary N) is 1. The van der Waals surface area contributed by atoms with E-state index in [0.717, 1.165) is 16.8 Å². The fraction of sp³-hybridized carbons (Fsp3) is 0.211. The summed E-state index contributed by atoms with van der Waals surface area (Å²) >= 11 is 1.30. The van der Waals surface area contributed by atoms with E-state index >= 15 is 0 Å². The van der Waals surface area contributed by atoms with Crippen LogP contribution in [0.4, 0.5) is 11.4 Å². The molecule has 1 fully saturated rings. The largest absolute Gasteiger partial charge is 0.378 e. The van der Waals surface area contributed by atoms with Crippen LogP contribution in [0, 0.1) is 10.1 Å². The van der Waals surface area contributed by atoms with Gasteiger partial charge in [0.25, 0.3) is 5.69 Å². The standard InChI is InChI=1S/C19H19N5O3S/c1-23(2)15-7-5-14(6-8-15)12-20-22-19-21-18(25)17(28-19)11-13-3-9-16(10-4-13)24(26)27/h3-10,12,17H,11H2,1-2H3,(H,21,22,25)/b20-12-/t17-/m0/s1. The zero-order valence-corrected chi connectivity index (χ0v) is 16.2. The molecule has 1 aliphatic heterocycles. The number of amidine groups is 1. The summed E-state index contributed by atoms with van der Waals surface area (Å²) in [7, 11) is 3.95. The Bertz CT molecular complexity index is 924. The summed E-state index contributed by atoms with van der Waals surface area (Å²) in [4.78, 5) is 24.4. The maximum absolute atomic E-state index is 12.1. The zero-order valence-electron chi connectivity index (χ0n) is 15.4. The van der Waals surface area contributed by atoms with Crippen LogP contribution < -0.4 is 10.2 Å². The Hall–Kier alpha value is -3.20. The van der Waals surface area contributed by atoms with Crippen LogP contribution in [0.1, 0.15) is 11.1 Å². The van der Waals surface area contributed by atoms with E-state index in [1.807, 2.05) is 43.3 Å². The second-order valence-corrected chi connectivity index (χ2v) is 7.55. The van der Waals surface area contributed by atoms with Crippen molar-refractivity contribution in [2.24, 2.45) is 10.2 Å². The number of carbonyl (C=O) groups excluding carboxylic acids is 1. The van der Waals surface area contributed by atoms with Crippen LogP contribution >= 0.6 is 11.8 Å². The van der Waals surface area contributed by atoms with Crippen LogP contribution in [0.25, 0.3) is 0 Å². The van der Waals surface area contributed by atoms with Gasteiger partial charge < -0.3 is 10.2 Å². The van der Waals surface area contributed by atoms with Crippen LogP contribution in [0.2, 0.25) is 0 Å². The first kappa shape index (κ1) is 19.6. The highest BCUT2D eigenvalue weighted by Gasteiger charge is 2.30. The number of rotatable bonds is 6. The lowest BCUT2D eigenvalue weighted by Gasteiger charge is -2.11. The van der Waals surface area contributed by atoms with Gasteiger partial charge in [0.05, 0.1) is 16.4 Å². The molecule has 0 saturated carbocycles. The minimum Gasteiger partial charge on any atom is -0.378 e. The van der Waals surface area contributed by atoms with Crippen molar-refractivity contribution in [2.45, 2.75) is 11.7 Å². The van der Waals surface area contributed by atoms with Gasteiger partial charge in [-0.25, -0.2) is 0 Å². The van der Waals surface area contributed by atoms with Crippen molar-refractivity contribution in [3.8, 4) is 0 Å². The molecule has 8 nitrogen and oxygen atoms in total. The van der Waals surface area contributed by atoms with Crippen LogP contribution in [-0.4, -0.2) is 41.6 Å².